The molecule has 6 nitrogen and oxygen atoms in total. The molecule has 3 heterocycles. The molecule has 136 valence electrons. The maximum atomic E-state index is 12.4. The van der Waals surface area contributed by atoms with Crippen molar-refractivity contribution in [1.82, 2.24) is 15.1 Å². The molecule has 1 aromatic carbocycles. The maximum absolute atomic E-state index is 12.4. The van der Waals surface area contributed by atoms with Gasteiger partial charge in [0.25, 0.3) is 5.91 Å². The van der Waals surface area contributed by atoms with Crippen LogP contribution < -0.4 is 10.1 Å². The molecule has 1 N–H and O–H groups in total. The van der Waals surface area contributed by atoms with Gasteiger partial charge in [0.15, 0.2) is 11.9 Å². The fourth-order valence-electron chi connectivity index (χ4n) is 3.55. The molecule has 1 aromatic rings. The molecule has 0 radical (unpaired) electrons. The lowest BCUT2D eigenvalue weighted by atomic mass is 10.1. The van der Waals surface area contributed by atoms with Crippen molar-refractivity contribution in [2.24, 2.45) is 0 Å². The number of Topliss-reactive ketones (excluding diaryl/α,β-unsaturated/α-hetero) is 1. The zero-order valence-corrected chi connectivity index (χ0v) is 15.0. The second-order valence-electron chi connectivity index (χ2n) is 6.93. The number of piperazine rings is 1. The topological polar surface area (TPSA) is 61.9 Å². The van der Waals surface area contributed by atoms with E-state index in [1.54, 1.807) is 31.2 Å². The summed E-state index contributed by atoms with van der Waals surface area (Å²) in [7, 11) is 0. The highest BCUT2D eigenvalue weighted by Crippen LogP contribution is 2.17. The van der Waals surface area contributed by atoms with Crippen molar-refractivity contribution in [3.63, 3.8) is 0 Å². The summed E-state index contributed by atoms with van der Waals surface area (Å²) >= 11 is 0. The van der Waals surface area contributed by atoms with Crippen molar-refractivity contribution in [3.05, 3.63) is 29.8 Å². The predicted molar refractivity (Wildman–Crippen MR) is 96.0 cm³/mol. The van der Waals surface area contributed by atoms with Gasteiger partial charge in [0, 0.05) is 37.8 Å². The summed E-state index contributed by atoms with van der Waals surface area (Å²) in [6, 6.07) is 7.33. The highest BCUT2D eigenvalue weighted by molar-refractivity contribution is 5.94. The van der Waals surface area contributed by atoms with E-state index in [0.717, 1.165) is 32.7 Å². The molecule has 0 aliphatic carbocycles. The van der Waals surface area contributed by atoms with Gasteiger partial charge in [-0.3, -0.25) is 14.5 Å². The third-order valence-electron chi connectivity index (χ3n) is 5.04. The molecular formula is C19H27N3O3. The van der Waals surface area contributed by atoms with Gasteiger partial charge in [0.05, 0.1) is 0 Å². The number of fused-ring (bicyclic) bond motifs is 4. The van der Waals surface area contributed by atoms with Crippen LogP contribution in [0.4, 0.5) is 0 Å². The van der Waals surface area contributed by atoms with Gasteiger partial charge in [0.1, 0.15) is 5.75 Å². The third-order valence-corrected chi connectivity index (χ3v) is 5.04. The Balaban J connectivity index is 1.51. The molecule has 3 aliphatic heterocycles. The summed E-state index contributed by atoms with van der Waals surface area (Å²) in [5.41, 5.74) is 0.585. The Hall–Kier alpha value is -1.92. The molecule has 0 saturated carbocycles. The van der Waals surface area contributed by atoms with Crippen LogP contribution in [0.5, 0.6) is 5.75 Å². The van der Waals surface area contributed by atoms with Crippen molar-refractivity contribution >= 4 is 11.7 Å². The minimum atomic E-state index is -0.597. The minimum absolute atomic E-state index is 0.0185. The number of hydrogen-bond acceptors (Lipinski definition) is 5. The summed E-state index contributed by atoms with van der Waals surface area (Å²) < 4.78 is 5.71. The number of nitrogens with one attached hydrogen (secondary N) is 1. The quantitative estimate of drug-likeness (QED) is 0.784. The number of benzene rings is 1. The Kier molecular flexibility index (Phi) is 5.71. The molecule has 0 spiro atoms. The summed E-state index contributed by atoms with van der Waals surface area (Å²) in [6.07, 6.45) is 0.608. The number of ether oxygens (including phenoxy) is 1. The van der Waals surface area contributed by atoms with Crippen molar-refractivity contribution < 1.29 is 14.3 Å². The van der Waals surface area contributed by atoms with Gasteiger partial charge in [0.2, 0.25) is 0 Å². The summed E-state index contributed by atoms with van der Waals surface area (Å²) in [6.45, 7) is 9.42. The number of carbonyl (C=O) groups excluding carboxylic acids is 2. The second-order valence-corrected chi connectivity index (χ2v) is 6.93. The van der Waals surface area contributed by atoms with Crippen molar-refractivity contribution in [2.75, 3.05) is 39.3 Å². The Morgan fingerprint density at radius 3 is 2.92 bits per heavy atom. The minimum Gasteiger partial charge on any atom is -0.481 e. The smallest absolute Gasteiger partial charge is 0.260 e. The van der Waals surface area contributed by atoms with Crippen molar-refractivity contribution in [3.8, 4) is 5.75 Å². The highest BCUT2D eigenvalue weighted by atomic mass is 16.5. The zero-order valence-electron chi connectivity index (χ0n) is 15.0. The number of rotatable bonds is 6. The zero-order chi connectivity index (χ0) is 17.8. The molecule has 2 unspecified atom stereocenters. The third kappa shape index (κ3) is 4.58. The van der Waals surface area contributed by atoms with E-state index >= 15 is 0 Å². The first kappa shape index (κ1) is 17.9. The molecule has 3 saturated heterocycles. The van der Waals surface area contributed by atoms with Crippen LogP contribution in [0.2, 0.25) is 0 Å². The molecule has 3 fully saturated rings. The standard InChI is InChI=1S/C19H27N3O3/c1-14(23)16-5-3-6-18(11-16)25-15(2)19(24)20-12-17-13-21-7-4-8-22(17)10-9-21/h3,5-6,11,15,17H,4,7-10,12-13H2,1-2H3,(H,20,24)/t15-,17+/m1/s1. The van der Waals surface area contributed by atoms with Crippen molar-refractivity contribution in [1.29, 1.82) is 0 Å². The van der Waals surface area contributed by atoms with Crippen LogP contribution in [-0.2, 0) is 4.79 Å². The predicted octanol–water partition coefficient (Wildman–Crippen LogP) is 1.16. The van der Waals surface area contributed by atoms with E-state index in [1.807, 2.05) is 0 Å². The van der Waals surface area contributed by atoms with Gasteiger partial charge >= 0.3 is 0 Å². The first-order valence-electron chi connectivity index (χ1n) is 9.04. The normalized spacial score (nSPS) is 26.6. The lowest BCUT2D eigenvalue weighted by Crippen LogP contribution is -2.55. The molecule has 3 aliphatic rings. The van der Waals surface area contributed by atoms with E-state index in [-0.39, 0.29) is 11.7 Å². The van der Waals surface area contributed by atoms with Crippen LogP contribution in [-0.4, -0.2) is 72.9 Å². The van der Waals surface area contributed by atoms with Gasteiger partial charge < -0.3 is 15.0 Å². The van der Waals surface area contributed by atoms with Crippen LogP contribution in [0.15, 0.2) is 24.3 Å². The van der Waals surface area contributed by atoms with Crippen molar-refractivity contribution in [2.45, 2.75) is 32.4 Å². The maximum Gasteiger partial charge on any atom is 0.260 e. The highest BCUT2D eigenvalue weighted by Gasteiger charge is 2.30. The lowest BCUT2D eigenvalue weighted by molar-refractivity contribution is -0.127. The Labute approximate surface area is 149 Å². The number of ketones is 1. The van der Waals surface area contributed by atoms with Gasteiger partial charge in [-0.05, 0) is 45.5 Å². The van der Waals surface area contributed by atoms with E-state index in [2.05, 4.69) is 15.1 Å². The van der Waals surface area contributed by atoms with Gasteiger partial charge in [-0.15, -0.1) is 0 Å². The van der Waals surface area contributed by atoms with Gasteiger partial charge in [-0.1, -0.05) is 12.1 Å². The summed E-state index contributed by atoms with van der Waals surface area (Å²) in [5.74, 6) is 0.401. The number of hydrogen-bond donors (Lipinski definition) is 1. The van der Waals surface area contributed by atoms with E-state index in [4.69, 9.17) is 4.74 Å². The fraction of sp³-hybridized carbons (Fsp3) is 0.579. The SMILES string of the molecule is CC(=O)c1cccc(O[C@H](C)C(=O)NC[C@H]2CN3CCCN2CC3)c1. The molecule has 25 heavy (non-hydrogen) atoms. The van der Waals surface area contributed by atoms with E-state index in [9.17, 15) is 9.59 Å². The van der Waals surface area contributed by atoms with Crippen LogP contribution in [0.25, 0.3) is 0 Å². The van der Waals surface area contributed by atoms with Gasteiger partial charge in [-0.25, -0.2) is 0 Å². The molecule has 4 atom stereocenters. The summed E-state index contributed by atoms with van der Waals surface area (Å²) in [5, 5.41) is 3.02. The first-order chi connectivity index (χ1) is 12.0. The number of carbonyl (C=O) groups is 2. The lowest BCUT2D eigenvalue weighted by Gasteiger charge is -2.37. The number of amides is 1. The van der Waals surface area contributed by atoms with E-state index in [0.29, 0.717) is 23.9 Å². The average Bonchev–Trinajstić information content (AvgIpc) is 2.95. The van der Waals surface area contributed by atoms with Crippen LogP contribution >= 0.6 is 0 Å². The molecule has 0 aromatic heterocycles. The fourth-order valence-corrected chi connectivity index (χ4v) is 3.55. The van der Waals surface area contributed by atoms with Crippen LogP contribution in [0.3, 0.4) is 0 Å². The van der Waals surface area contributed by atoms with E-state index < -0.39 is 6.10 Å². The molecular weight excluding hydrogens is 318 g/mol. The van der Waals surface area contributed by atoms with Crippen LogP contribution in [0.1, 0.15) is 30.6 Å². The second kappa shape index (κ2) is 7.97. The van der Waals surface area contributed by atoms with Crippen LogP contribution in [0, 0.1) is 0 Å². The monoisotopic (exact) mass is 345 g/mol. The number of nitrogens with zero attached hydrogens (tertiary/aromatic N) is 2. The molecule has 4 rings (SSSR count). The average molecular weight is 345 g/mol. The summed E-state index contributed by atoms with van der Waals surface area (Å²) in [4.78, 5) is 28.8. The first-order valence-corrected chi connectivity index (χ1v) is 9.04. The van der Waals surface area contributed by atoms with E-state index in [1.165, 1.54) is 13.3 Å². The Morgan fingerprint density at radius 2 is 2.12 bits per heavy atom. The molecule has 1 amide bonds. The Bertz CT molecular complexity index is 630. The van der Waals surface area contributed by atoms with Gasteiger partial charge in [-0.2, -0.15) is 0 Å². The molecule has 2 bridgehead atoms. The molecule has 6 heteroatoms. The largest absolute Gasteiger partial charge is 0.481 e. The Morgan fingerprint density at radius 1 is 1.28 bits per heavy atom.